The van der Waals surface area contributed by atoms with Crippen molar-refractivity contribution in [2.24, 2.45) is 11.3 Å². The minimum absolute atomic E-state index is 0.223. The molecule has 4 fully saturated rings. The highest BCUT2D eigenvalue weighted by Gasteiger charge is 2.49. The fourth-order valence-corrected chi connectivity index (χ4v) is 5.33. The Bertz CT molecular complexity index is 564. The summed E-state index contributed by atoms with van der Waals surface area (Å²) < 4.78 is 0. The first-order valence-corrected chi connectivity index (χ1v) is 11.0. The largest absolute Gasteiger partial charge is 0.342 e. The molecule has 4 aliphatic rings. The van der Waals surface area contributed by atoms with Crippen molar-refractivity contribution in [3.05, 3.63) is 0 Å². The van der Waals surface area contributed by atoms with Crippen LogP contribution in [0.25, 0.3) is 0 Å². The van der Waals surface area contributed by atoms with Crippen LogP contribution in [-0.2, 0) is 9.59 Å². The quantitative estimate of drug-likeness (QED) is 0.741. The van der Waals surface area contributed by atoms with Crippen molar-refractivity contribution < 1.29 is 9.59 Å². The predicted molar refractivity (Wildman–Crippen MR) is 105 cm³/mol. The van der Waals surface area contributed by atoms with E-state index in [1.807, 2.05) is 4.90 Å². The Balaban J connectivity index is 1.32. The van der Waals surface area contributed by atoms with E-state index in [4.69, 9.17) is 0 Å². The molecule has 0 unspecified atom stereocenters. The van der Waals surface area contributed by atoms with Gasteiger partial charge in [0, 0.05) is 39.3 Å². The van der Waals surface area contributed by atoms with Gasteiger partial charge in [-0.2, -0.15) is 0 Å². The van der Waals surface area contributed by atoms with Gasteiger partial charge in [-0.25, -0.2) is 0 Å². The van der Waals surface area contributed by atoms with Crippen molar-refractivity contribution >= 4 is 11.8 Å². The smallest absolute Gasteiger partial charge is 0.236 e. The number of nitrogens with zero attached hydrogens (tertiary/aromatic N) is 4. The number of rotatable bonds is 4. The third kappa shape index (κ3) is 4.16. The maximum Gasteiger partial charge on any atom is 0.236 e. The topological polar surface area (TPSA) is 47.1 Å². The number of likely N-dealkylation sites (N-methyl/N-ethyl adjacent to an activating group) is 1. The summed E-state index contributed by atoms with van der Waals surface area (Å²) in [5.41, 5.74) is -0.281. The van der Waals surface area contributed by atoms with E-state index >= 15 is 0 Å². The molecule has 0 bridgehead atoms. The molecule has 1 aliphatic carbocycles. The van der Waals surface area contributed by atoms with Crippen molar-refractivity contribution in [2.75, 3.05) is 66.0 Å². The van der Waals surface area contributed by atoms with Gasteiger partial charge in [0.1, 0.15) is 0 Å². The molecule has 3 heterocycles. The molecule has 0 aromatic rings. The highest BCUT2D eigenvalue weighted by Crippen LogP contribution is 2.41. The Labute approximate surface area is 163 Å². The van der Waals surface area contributed by atoms with Gasteiger partial charge in [-0.05, 0) is 64.6 Å². The summed E-state index contributed by atoms with van der Waals surface area (Å²) >= 11 is 0. The summed E-state index contributed by atoms with van der Waals surface area (Å²) in [4.78, 5) is 34.9. The van der Waals surface area contributed by atoms with Crippen LogP contribution in [0.3, 0.4) is 0 Å². The summed E-state index contributed by atoms with van der Waals surface area (Å²) in [5.74, 6) is 1.29. The number of carbonyl (C=O) groups excluding carboxylic acids is 2. The van der Waals surface area contributed by atoms with E-state index < -0.39 is 0 Å². The van der Waals surface area contributed by atoms with Crippen LogP contribution in [0.2, 0.25) is 0 Å². The van der Waals surface area contributed by atoms with Crippen LogP contribution in [0.4, 0.5) is 0 Å². The first-order chi connectivity index (χ1) is 13.1. The van der Waals surface area contributed by atoms with Gasteiger partial charge in [-0.1, -0.05) is 6.42 Å². The molecule has 27 heavy (non-hydrogen) atoms. The molecule has 152 valence electrons. The van der Waals surface area contributed by atoms with E-state index in [0.29, 0.717) is 19.0 Å². The Morgan fingerprint density at radius 1 is 1.00 bits per heavy atom. The monoisotopic (exact) mass is 376 g/mol. The van der Waals surface area contributed by atoms with E-state index in [2.05, 4.69) is 21.7 Å². The SMILES string of the molecule is CN1CCCN(CC(=O)N2CC[C@@]3(CCCN(CC4CCC4)C3=O)C2)CC1. The molecule has 2 amide bonds. The first-order valence-electron chi connectivity index (χ1n) is 11.0. The molecule has 3 saturated heterocycles. The second-order valence-electron chi connectivity index (χ2n) is 9.43. The average molecular weight is 377 g/mol. The molecule has 0 aromatic heterocycles. The highest BCUT2D eigenvalue weighted by atomic mass is 16.2. The first kappa shape index (κ1) is 19.2. The van der Waals surface area contributed by atoms with E-state index in [0.717, 1.165) is 77.4 Å². The van der Waals surface area contributed by atoms with Crippen LogP contribution < -0.4 is 0 Å². The fraction of sp³-hybridized carbons (Fsp3) is 0.905. The van der Waals surface area contributed by atoms with Gasteiger partial charge in [-0.15, -0.1) is 0 Å². The van der Waals surface area contributed by atoms with Crippen LogP contribution in [0.15, 0.2) is 0 Å². The van der Waals surface area contributed by atoms with Crippen LogP contribution in [0, 0.1) is 11.3 Å². The normalized spacial score (nSPS) is 31.4. The second-order valence-corrected chi connectivity index (χ2v) is 9.43. The van der Waals surface area contributed by atoms with Crippen LogP contribution in [0.1, 0.15) is 44.9 Å². The Morgan fingerprint density at radius 2 is 1.85 bits per heavy atom. The maximum atomic E-state index is 13.2. The highest BCUT2D eigenvalue weighted by molar-refractivity contribution is 5.86. The summed E-state index contributed by atoms with van der Waals surface area (Å²) in [6.07, 6.45) is 7.94. The van der Waals surface area contributed by atoms with Crippen LogP contribution in [-0.4, -0.2) is 97.4 Å². The van der Waals surface area contributed by atoms with Gasteiger partial charge in [0.05, 0.1) is 12.0 Å². The molecule has 4 rings (SSSR count). The lowest BCUT2D eigenvalue weighted by molar-refractivity contribution is -0.147. The van der Waals surface area contributed by atoms with Crippen molar-refractivity contribution in [1.29, 1.82) is 0 Å². The van der Waals surface area contributed by atoms with Crippen molar-refractivity contribution in [1.82, 2.24) is 19.6 Å². The summed E-state index contributed by atoms with van der Waals surface area (Å²) in [6.45, 7) is 7.92. The average Bonchev–Trinajstić information content (AvgIpc) is 2.94. The molecule has 3 aliphatic heterocycles. The van der Waals surface area contributed by atoms with E-state index in [1.54, 1.807) is 0 Å². The zero-order valence-electron chi connectivity index (χ0n) is 17.0. The number of hydrogen-bond acceptors (Lipinski definition) is 4. The molecule has 1 saturated carbocycles. The summed E-state index contributed by atoms with van der Waals surface area (Å²) in [5, 5.41) is 0. The van der Waals surface area contributed by atoms with Gasteiger partial charge >= 0.3 is 0 Å². The lowest BCUT2D eigenvalue weighted by Crippen LogP contribution is -2.52. The van der Waals surface area contributed by atoms with Gasteiger partial charge < -0.3 is 14.7 Å². The Morgan fingerprint density at radius 3 is 2.63 bits per heavy atom. The zero-order valence-corrected chi connectivity index (χ0v) is 17.0. The lowest BCUT2D eigenvalue weighted by atomic mass is 9.77. The number of hydrogen-bond donors (Lipinski definition) is 0. The summed E-state index contributed by atoms with van der Waals surface area (Å²) in [6, 6.07) is 0. The minimum Gasteiger partial charge on any atom is -0.342 e. The van der Waals surface area contributed by atoms with Crippen molar-refractivity contribution in [3.8, 4) is 0 Å². The van der Waals surface area contributed by atoms with Crippen molar-refractivity contribution in [3.63, 3.8) is 0 Å². The number of likely N-dealkylation sites (tertiary alicyclic amines) is 2. The molecule has 1 atom stereocenters. The third-order valence-corrected chi connectivity index (χ3v) is 7.41. The Hall–Kier alpha value is -1.14. The third-order valence-electron chi connectivity index (χ3n) is 7.41. The molecule has 6 nitrogen and oxygen atoms in total. The zero-order chi connectivity index (χ0) is 18.9. The van der Waals surface area contributed by atoms with E-state index in [1.165, 1.54) is 19.3 Å². The number of amides is 2. The molecular weight excluding hydrogens is 340 g/mol. The lowest BCUT2D eigenvalue weighted by Gasteiger charge is -2.42. The van der Waals surface area contributed by atoms with Crippen LogP contribution in [0.5, 0.6) is 0 Å². The summed E-state index contributed by atoms with van der Waals surface area (Å²) in [7, 11) is 2.15. The number of piperidine rings is 1. The molecule has 0 N–H and O–H groups in total. The second kappa shape index (κ2) is 8.08. The van der Waals surface area contributed by atoms with Gasteiger partial charge in [0.25, 0.3) is 0 Å². The van der Waals surface area contributed by atoms with E-state index in [9.17, 15) is 9.59 Å². The molecular formula is C21H36N4O2. The maximum absolute atomic E-state index is 13.2. The number of carbonyl (C=O) groups is 2. The Kier molecular flexibility index (Phi) is 5.74. The van der Waals surface area contributed by atoms with Gasteiger partial charge in [-0.3, -0.25) is 14.5 Å². The standard InChI is InChI=1S/C21H36N4O2/c1-22-9-4-10-23(14-13-22)16-19(26)25-12-8-21(17-25)7-3-11-24(20(21)27)15-18-5-2-6-18/h18H,2-17H2,1H3/t21-/m0/s1. The van der Waals surface area contributed by atoms with Crippen molar-refractivity contribution in [2.45, 2.75) is 44.9 Å². The predicted octanol–water partition coefficient (Wildman–Crippen LogP) is 1.27. The molecule has 6 heteroatoms. The minimum atomic E-state index is -0.281. The van der Waals surface area contributed by atoms with E-state index in [-0.39, 0.29) is 11.3 Å². The van der Waals surface area contributed by atoms with Gasteiger partial charge in [0.15, 0.2) is 0 Å². The fourth-order valence-electron chi connectivity index (χ4n) is 5.33. The molecule has 0 aromatic carbocycles. The van der Waals surface area contributed by atoms with Crippen LogP contribution >= 0.6 is 0 Å². The molecule has 0 radical (unpaired) electrons. The molecule has 1 spiro atoms. The van der Waals surface area contributed by atoms with Gasteiger partial charge in [0.2, 0.25) is 11.8 Å².